The van der Waals surface area contributed by atoms with Gasteiger partial charge in [-0.25, -0.2) is 8.42 Å². The van der Waals surface area contributed by atoms with E-state index in [0.29, 0.717) is 0 Å². The van der Waals surface area contributed by atoms with Crippen molar-refractivity contribution in [3.8, 4) is 5.75 Å². The van der Waals surface area contributed by atoms with Crippen molar-refractivity contribution in [2.75, 3.05) is 17.7 Å². The maximum Gasteiger partial charge on any atom is 0.244 e. The van der Waals surface area contributed by atoms with Gasteiger partial charge in [0.25, 0.3) is 0 Å². The minimum Gasteiger partial charge on any atom is -0.496 e. The number of benzene rings is 2. The molecule has 0 bridgehead atoms. The molecular weight excluding hydrogens is 483 g/mol. The lowest BCUT2D eigenvalue weighted by molar-refractivity contribution is -0.122. The molecule has 2 unspecified atom stereocenters. The second kappa shape index (κ2) is 11.0. The lowest BCUT2D eigenvalue weighted by Gasteiger charge is -2.31. The highest BCUT2D eigenvalue weighted by molar-refractivity contribution is 7.92. The smallest absolute Gasteiger partial charge is 0.244 e. The fourth-order valence-corrected chi connectivity index (χ4v) is 5.63. The van der Waals surface area contributed by atoms with E-state index in [9.17, 15) is 13.2 Å². The third-order valence-corrected chi connectivity index (χ3v) is 7.11. The van der Waals surface area contributed by atoms with E-state index >= 15 is 0 Å². The lowest BCUT2D eigenvalue weighted by Crippen LogP contribution is -2.49. The number of carbonyl (C=O) groups is 1. The van der Waals surface area contributed by atoms with Gasteiger partial charge in [-0.1, -0.05) is 44.0 Å². The van der Waals surface area contributed by atoms with Crippen LogP contribution in [0.25, 0.3) is 0 Å². The van der Waals surface area contributed by atoms with Gasteiger partial charge in [0, 0.05) is 10.0 Å². The highest BCUT2D eigenvalue weighted by Gasteiger charge is 2.33. The predicted octanol–water partition coefficient (Wildman–Crippen LogP) is 5.86. The minimum atomic E-state index is -3.80. The van der Waals surface area contributed by atoms with Gasteiger partial charge < -0.3 is 10.1 Å². The molecule has 2 aromatic rings. The molecule has 0 aliphatic rings. The van der Waals surface area contributed by atoms with Crippen LogP contribution in [-0.4, -0.2) is 33.7 Å². The number of carbonyl (C=O) groups excluding carboxylic acids is 1. The molecule has 0 spiro atoms. The molecule has 2 rings (SSSR count). The molecule has 1 amide bonds. The molecule has 0 aromatic heterocycles. The first kappa shape index (κ1) is 27.3. The van der Waals surface area contributed by atoms with Crippen LogP contribution in [0.4, 0.5) is 5.69 Å². The zero-order valence-electron chi connectivity index (χ0n) is 20.1. The number of hydrogen-bond donors (Lipinski definition) is 1. The Hall–Kier alpha value is -1.96. The van der Waals surface area contributed by atoms with Crippen LogP contribution in [0, 0.1) is 6.92 Å². The summed E-state index contributed by atoms with van der Waals surface area (Å²) in [5.74, 6) is 0.629. The molecule has 33 heavy (non-hydrogen) atoms. The Balaban J connectivity index is 2.42. The van der Waals surface area contributed by atoms with E-state index in [1.807, 2.05) is 26.0 Å². The van der Waals surface area contributed by atoms with Gasteiger partial charge in [-0.05, 0) is 73.2 Å². The van der Waals surface area contributed by atoms with E-state index in [2.05, 4.69) is 19.2 Å². The molecule has 1 N–H and O–H groups in total. The monoisotopic (exact) mass is 514 g/mol. The van der Waals surface area contributed by atoms with Crippen molar-refractivity contribution >= 4 is 44.8 Å². The number of hydrogen-bond acceptors (Lipinski definition) is 4. The Morgan fingerprint density at radius 1 is 1.06 bits per heavy atom. The number of aryl methyl sites for hydroxylation is 1. The number of methoxy groups -OCH3 is 1. The number of amides is 1. The molecule has 0 heterocycles. The van der Waals surface area contributed by atoms with E-state index in [4.69, 9.17) is 27.9 Å². The van der Waals surface area contributed by atoms with Gasteiger partial charge in [-0.3, -0.25) is 9.10 Å². The van der Waals surface area contributed by atoms with E-state index < -0.39 is 22.0 Å². The Labute approximate surface area is 207 Å². The van der Waals surface area contributed by atoms with Gasteiger partial charge in [-0.15, -0.1) is 0 Å². The quantitative estimate of drug-likeness (QED) is 0.454. The number of nitrogens with one attached hydrogen (secondary N) is 1. The number of ether oxygens (including phenoxy) is 1. The van der Waals surface area contributed by atoms with E-state index in [1.165, 1.54) is 18.2 Å². The van der Waals surface area contributed by atoms with Crippen molar-refractivity contribution in [3.63, 3.8) is 0 Å². The molecule has 2 atom stereocenters. The molecule has 0 saturated carbocycles. The lowest BCUT2D eigenvalue weighted by atomic mass is 9.93. The standard InChI is InChI=1S/C24H32Cl2N2O4S/c1-8-22(28(33(7,30)31)19-11-17(25)10-18(26)12-19)24(29)27-16(5)21-13-20(14(2)3)23(32-6)9-15(21)4/h9-14,16,22H,8H2,1-7H3,(H,27,29). The van der Waals surface area contributed by atoms with E-state index in [0.717, 1.165) is 33.0 Å². The molecule has 0 aliphatic heterocycles. The topological polar surface area (TPSA) is 75.7 Å². The Bertz CT molecular complexity index is 1100. The second-order valence-corrected chi connectivity index (χ2v) is 11.2. The predicted molar refractivity (Wildman–Crippen MR) is 136 cm³/mol. The largest absolute Gasteiger partial charge is 0.496 e. The van der Waals surface area contributed by atoms with Crippen LogP contribution in [0.15, 0.2) is 30.3 Å². The first-order valence-corrected chi connectivity index (χ1v) is 13.3. The summed E-state index contributed by atoms with van der Waals surface area (Å²) in [5, 5.41) is 3.56. The van der Waals surface area contributed by atoms with Crippen molar-refractivity contribution in [2.45, 2.75) is 59.0 Å². The van der Waals surface area contributed by atoms with Crippen LogP contribution in [0.2, 0.25) is 10.0 Å². The number of sulfonamides is 1. The third-order valence-electron chi connectivity index (χ3n) is 5.50. The van der Waals surface area contributed by atoms with Crippen LogP contribution < -0.4 is 14.4 Å². The molecule has 0 fully saturated rings. The van der Waals surface area contributed by atoms with E-state index in [1.54, 1.807) is 14.0 Å². The zero-order chi connectivity index (χ0) is 25.1. The van der Waals surface area contributed by atoms with Crippen molar-refractivity contribution in [3.05, 3.63) is 57.1 Å². The fourth-order valence-electron chi connectivity index (χ4n) is 3.92. The summed E-state index contributed by atoms with van der Waals surface area (Å²) in [7, 11) is -2.17. The fraction of sp³-hybridized carbons (Fsp3) is 0.458. The average molecular weight is 516 g/mol. The summed E-state index contributed by atoms with van der Waals surface area (Å²) in [5.41, 5.74) is 3.20. The zero-order valence-corrected chi connectivity index (χ0v) is 22.4. The van der Waals surface area contributed by atoms with Crippen molar-refractivity contribution in [1.82, 2.24) is 5.32 Å². The van der Waals surface area contributed by atoms with Gasteiger partial charge in [0.05, 0.1) is 25.1 Å². The summed E-state index contributed by atoms with van der Waals surface area (Å²) in [4.78, 5) is 13.3. The number of anilines is 1. The van der Waals surface area contributed by atoms with Gasteiger partial charge in [0.15, 0.2) is 0 Å². The summed E-state index contributed by atoms with van der Waals surface area (Å²) < 4.78 is 32.0. The Kier molecular flexibility index (Phi) is 9.08. The van der Waals surface area contributed by atoms with Gasteiger partial charge >= 0.3 is 0 Å². The first-order chi connectivity index (χ1) is 15.3. The molecule has 6 nitrogen and oxygen atoms in total. The molecular formula is C24H32Cl2N2O4S. The highest BCUT2D eigenvalue weighted by atomic mass is 35.5. The maximum absolute atomic E-state index is 13.3. The molecule has 0 radical (unpaired) electrons. The Morgan fingerprint density at radius 2 is 1.64 bits per heavy atom. The highest BCUT2D eigenvalue weighted by Crippen LogP contribution is 2.33. The first-order valence-electron chi connectivity index (χ1n) is 10.7. The molecule has 0 saturated heterocycles. The van der Waals surface area contributed by atoms with Crippen LogP contribution in [0.5, 0.6) is 5.75 Å². The average Bonchev–Trinajstić information content (AvgIpc) is 2.69. The van der Waals surface area contributed by atoms with Gasteiger partial charge in [-0.2, -0.15) is 0 Å². The normalized spacial score (nSPS) is 13.5. The number of halogens is 2. The van der Waals surface area contributed by atoms with Crippen molar-refractivity contribution < 1.29 is 17.9 Å². The summed E-state index contributed by atoms with van der Waals surface area (Å²) in [6.07, 6.45) is 1.32. The summed E-state index contributed by atoms with van der Waals surface area (Å²) in [6.45, 7) is 9.75. The summed E-state index contributed by atoms with van der Waals surface area (Å²) in [6, 6.07) is 7.15. The SMILES string of the molecule is CCC(C(=O)NC(C)c1cc(C(C)C)c(OC)cc1C)N(c1cc(Cl)cc(Cl)c1)S(C)(=O)=O. The molecule has 182 valence electrons. The van der Waals surface area contributed by atoms with Crippen LogP contribution >= 0.6 is 23.2 Å². The molecule has 0 aliphatic carbocycles. The number of nitrogens with zero attached hydrogens (tertiary/aromatic N) is 1. The molecule has 2 aromatic carbocycles. The molecule has 9 heteroatoms. The third kappa shape index (κ3) is 6.55. The van der Waals surface area contributed by atoms with Gasteiger partial charge in [0.2, 0.25) is 15.9 Å². The van der Waals surface area contributed by atoms with Gasteiger partial charge in [0.1, 0.15) is 11.8 Å². The maximum atomic E-state index is 13.3. The minimum absolute atomic E-state index is 0.235. The number of rotatable bonds is 9. The van der Waals surface area contributed by atoms with Crippen molar-refractivity contribution in [1.29, 1.82) is 0 Å². The van der Waals surface area contributed by atoms with Crippen LogP contribution in [0.1, 0.15) is 62.8 Å². The Morgan fingerprint density at radius 3 is 2.09 bits per heavy atom. The summed E-state index contributed by atoms with van der Waals surface area (Å²) >= 11 is 12.2. The van der Waals surface area contributed by atoms with Crippen LogP contribution in [0.3, 0.4) is 0 Å². The van der Waals surface area contributed by atoms with Crippen molar-refractivity contribution in [2.24, 2.45) is 0 Å². The van der Waals surface area contributed by atoms with Crippen LogP contribution in [-0.2, 0) is 14.8 Å². The second-order valence-electron chi connectivity index (χ2n) is 8.45. The van der Waals surface area contributed by atoms with E-state index in [-0.39, 0.29) is 34.1 Å².